The molecule has 0 spiro atoms. The highest BCUT2D eigenvalue weighted by atomic mass is 15.3. The van der Waals surface area contributed by atoms with E-state index in [4.69, 9.17) is 0 Å². The van der Waals surface area contributed by atoms with Crippen LogP contribution in [0.3, 0.4) is 0 Å². The summed E-state index contributed by atoms with van der Waals surface area (Å²) in [5, 5.41) is 8.03. The average molecular weight is 249 g/mol. The summed E-state index contributed by atoms with van der Waals surface area (Å²) >= 11 is 0. The van der Waals surface area contributed by atoms with E-state index in [1.54, 1.807) is 0 Å². The third-order valence-corrected chi connectivity index (χ3v) is 4.46. The molecule has 0 atom stereocenters. The maximum absolute atomic E-state index is 4.37. The van der Waals surface area contributed by atoms with E-state index in [0.717, 1.165) is 19.5 Å². The minimum absolute atomic E-state index is 0.579. The van der Waals surface area contributed by atoms with Crippen molar-refractivity contribution in [1.29, 1.82) is 0 Å². The zero-order valence-electron chi connectivity index (χ0n) is 11.9. The molecule has 1 N–H and O–H groups in total. The van der Waals surface area contributed by atoms with Gasteiger partial charge in [-0.3, -0.25) is 4.68 Å². The summed E-state index contributed by atoms with van der Waals surface area (Å²) in [5.74, 6) is 0. The Hall–Kier alpha value is -0.830. The first-order chi connectivity index (χ1) is 8.79. The number of nitrogens with zero attached hydrogens (tertiary/aromatic N) is 2. The van der Waals surface area contributed by atoms with Crippen molar-refractivity contribution in [3.63, 3.8) is 0 Å². The lowest BCUT2D eigenvalue weighted by Gasteiger charge is -2.27. The van der Waals surface area contributed by atoms with Crippen LogP contribution in [0.15, 0.2) is 12.3 Å². The van der Waals surface area contributed by atoms with Crippen LogP contribution in [0.25, 0.3) is 0 Å². The number of aromatic nitrogens is 2. The van der Waals surface area contributed by atoms with E-state index >= 15 is 0 Å². The Labute approximate surface area is 111 Å². The normalized spacial score (nSPS) is 18.3. The summed E-state index contributed by atoms with van der Waals surface area (Å²) in [7, 11) is 0. The molecule has 1 aliphatic carbocycles. The lowest BCUT2D eigenvalue weighted by molar-refractivity contribution is 0.267. The minimum Gasteiger partial charge on any atom is -0.311 e. The van der Waals surface area contributed by atoms with Gasteiger partial charge in [-0.05, 0) is 37.2 Å². The lowest BCUT2D eigenvalue weighted by Crippen LogP contribution is -2.31. The first-order valence-corrected chi connectivity index (χ1v) is 7.51. The van der Waals surface area contributed by atoms with E-state index < -0.39 is 0 Å². The van der Waals surface area contributed by atoms with Gasteiger partial charge < -0.3 is 5.32 Å². The molecule has 1 aromatic heterocycles. The summed E-state index contributed by atoms with van der Waals surface area (Å²) < 4.78 is 2.13. The number of rotatable bonds is 7. The second-order valence-electron chi connectivity index (χ2n) is 5.71. The van der Waals surface area contributed by atoms with Gasteiger partial charge in [-0.2, -0.15) is 5.10 Å². The SMILES string of the molecule is CCCn1nccc1CNCC1(CC)CCCC1. The van der Waals surface area contributed by atoms with E-state index in [2.05, 4.69) is 35.0 Å². The Balaban J connectivity index is 1.82. The van der Waals surface area contributed by atoms with Crippen LogP contribution < -0.4 is 5.32 Å². The van der Waals surface area contributed by atoms with Crippen LogP contribution in [-0.2, 0) is 13.1 Å². The number of aryl methyl sites for hydroxylation is 1. The molecule has 0 aromatic carbocycles. The van der Waals surface area contributed by atoms with Crippen LogP contribution >= 0.6 is 0 Å². The summed E-state index contributed by atoms with van der Waals surface area (Å²) in [6.45, 7) is 7.70. The van der Waals surface area contributed by atoms with Gasteiger partial charge in [-0.15, -0.1) is 0 Å². The predicted molar refractivity (Wildman–Crippen MR) is 75.4 cm³/mol. The molecule has 2 rings (SSSR count). The van der Waals surface area contributed by atoms with Gasteiger partial charge in [0.1, 0.15) is 0 Å². The molecule has 18 heavy (non-hydrogen) atoms. The molecule has 102 valence electrons. The fourth-order valence-electron chi connectivity index (χ4n) is 3.16. The largest absolute Gasteiger partial charge is 0.311 e. The maximum atomic E-state index is 4.37. The van der Waals surface area contributed by atoms with E-state index in [-0.39, 0.29) is 0 Å². The van der Waals surface area contributed by atoms with Gasteiger partial charge in [0.05, 0.1) is 5.69 Å². The third kappa shape index (κ3) is 3.14. The van der Waals surface area contributed by atoms with Crippen molar-refractivity contribution in [2.45, 2.75) is 65.5 Å². The number of hydrogen-bond acceptors (Lipinski definition) is 2. The van der Waals surface area contributed by atoms with Gasteiger partial charge in [0, 0.05) is 25.8 Å². The van der Waals surface area contributed by atoms with E-state index in [0.29, 0.717) is 5.41 Å². The standard InChI is InChI=1S/C15H27N3/c1-3-11-18-14(7-10-17-18)12-16-13-15(4-2)8-5-6-9-15/h7,10,16H,3-6,8-9,11-13H2,1-2H3. The summed E-state index contributed by atoms with van der Waals surface area (Å²) in [6.07, 6.45) is 10.0. The van der Waals surface area contributed by atoms with Crippen LogP contribution in [0.1, 0.15) is 58.1 Å². The van der Waals surface area contributed by atoms with E-state index in [9.17, 15) is 0 Å². The first-order valence-electron chi connectivity index (χ1n) is 7.51. The highest BCUT2D eigenvalue weighted by Gasteiger charge is 2.31. The fraction of sp³-hybridized carbons (Fsp3) is 0.800. The summed E-state index contributed by atoms with van der Waals surface area (Å²) in [4.78, 5) is 0. The van der Waals surface area contributed by atoms with Gasteiger partial charge in [0.2, 0.25) is 0 Å². The van der Waals surface area contributed by atoms with Gasteiger partial charge in [-0.1, -0.05) is 26.7 Å². The van der Waals surface area contributed by atoms with Gasteiger partial charge in [0.15, 0.2) is 0 Å². The Morgan fingerprint density at radius 1 is 1.33 bits per heavy atom. The van der Waals surface area contributed by atoms with Crippen molar-refractivity contribution in [1.82, 2.24) is 15.1 Å². The molecule has 0 bridgehead atoms. The van der Waals surface area contributed by atoms with Crippen LogP contribution in [0.5, 0.6) is 0 Å². The molecule has 1 fully saturated rings. The topological polar surface area (TPSA) is 29.9 Å². The Kier molecular flexibility index (Phi) is 4.81. The fourth-order valence-corrected chi connectivity index (χ4v) is 3.16. The van der Waals surface area contributed by atoms with Crippen LogP contribution in [0.2, 0.25) is 0 Å². The van der Waals surface area contributed by atoms with Gasteiger partial charge in [0.25, 0.3) is 0 Å². The van der Waals surface area contributed by atoms with Crippen LogP contribution in [0, 0.1) is 5.41 Å². The molecular weight excluding hydrogens is 222 g/mol. The Morgan fingerprint density at radius 2 is 2.11 bits per heavy atom. The quantitative estimate of drug-likeness (QED) is 0.803. The average Bonchev–Trinajstić information content (AvgIpc) is 3.01. The Bertz CT molecular complexity index is 350. The van der Waals surface area contributed by atoms with E-state index in [1.165, 1.54) is 44.3 Å². The number of nitrogens with one attached hydrogen (secondary N) is 1. The molecule has 1 aromatic rings. The third-order valence-electron chi connectivity index (χ3n) is 4.46. The molecule has 0 unspecified atom stereocenters. The second kappa shape index (κ2) is 6.37. The molecule has 3 nitrogen and oxygen atoms in total. The summed E-state index contributed by atoms with van der Waals surface area (Å²) in [5.41, 5.74) is 1.90. The molecule has 0 radical (unpaired) electrons. The zero-order chi connectivity index (χ0) is 12.8. The first kappa shape index (κ1) is 13.6. The molecule has 1 heterocycles. The van der Waals surface area contributed by atoms with Crippen molar-refractivity contribution in [2.24, 2.45) is 5.41 Å². The predicted octanol–water partition coefficient (Wildman–Crippen LogP) is 3.35. The highest BCUT2D eigenvalue weighted by molar-refractivity contribution is 5.00. The lowest BCUT2D eigenvalue weighted by atomic mass is 9.83. The minimum atomic E-state index is 0.579. The van der Waals surface area contributed by atoms with Crippen molar-refractivity contribution in [2.75, 3.05) is 6.54 Å². The molecule has 1 aliphatic rings. The number of hydrogen-bond donors (Lipinski definition) is 1. The highest BCUT2D eigenvalue weighted by Crippen LogP contribution is 2.40. The van der Waals surface area contributed by atoms with Crippen molar-refractivity contribution in [3.8, 4) is 0 Å². The maximum Gasteiger partial charge on any atom is 0.0522 e. The summed E-state index contributed by atoms with van der Waals surface area (Å²) in [6, 6.07) is 2.13. The van der Waals surface area contributed by atoms with Crippen molar-refractivity contribution < 1.29 is 0 Å². The van der Waals surface area contributed by atoms with Crippen LogP contribution in [0.4, 0.5) is 0 Å². The Morgan fingerprint density at radius 3 is 2.78 bits per heavy atom. The van der Waals surface area contributed by atoms with Gasteiger partial charge >= 0.3 is 0 Å². The smallest absolute Gasteiger partial charge is 0.0522 e. The van der Waals surface area contributed by atoms with Crippen molar-refractivity contribution in [3.05, 3.63) is 18.0 Å². The molecule has 1 saturated carbocycles. The monoisotopic (exact) mass is 249 g/mol. The second-order valence-corrected chi connectivity index (χ2v) is 5.71. The van der Waals surface area contributed by atoms with Gasteiger partial charge in [-0.25, -0.2) is 0 Å². The molecular formula is C15H27N3. The molecule has 0 saturated heterocycles. The van der Waals surface area contributed by atoms with E-state index in [1.807, 2.05) is 6.20 Å². The van der Waals surface area contributed by atoms with Crippen molar-refractivity contribution >= 4 is 0 Å². The zero-order valence-corrected chi connectivity index (χ0v) is 11.9. The molecule has 3 heteroatoms. The molecule has 0 aliphatic heterocycles. The van der Waals surface area contributed by atoms with Crippen LogP contribution in [-0.4, -0.2) is 16.3 Å². The molecule has 0 amide bonds.